The van der Waals surface area contributed by atoms with Gasteiger partial charge in [0.25, 0.3) is 5.91 Å². The van der Waals surface area contributed by atoms with Crippen LogP contribution in [0.5, 0.6) is 0 Å². The molecule has 3 heterocycles. The maximum absolute atomic E-state index is 12.1. The number of anilines is 1. The molecule has 0 fully saturated rings. The molecular formula is C20H14ClN5O. The molecule has 7 heteroatoms. The Morgan fingerprint density at radius 2 is 1.81 bits per heavy atom. The quantitative estimate of drug-likeness (QED) is 0.495. The van der Waals surface area contributed by atoms with Crippen molar-refractivity contribution < 1.29 is 4.79 Å². The minimum atomic E-state index is -0.613. The molecule has 6 nitrogen and oxygen atoms in total. The Morgan fingerprint density at radius 3 is 2.63 bits per heavy atom. The number of carbonyl (C=O) groups is 1. The zero-order chi connectivity index (χ0) is 18.5. The summed E-state index contributed by atoms with van der Waals surface area (Å²) in [5, 5.41) is 13.3. The Kier molecular flexibility index (Phi) is 3.42. The van der Waals surface area contributed by atoms with E-state index in [-0.39, 0.29) is 11.7 Å². The fraction of sp³-hybridized carbons (Fsp3) is 0.0500. The van der Waals surface area contributed by atoms with Crippen molar-refractivity contribution in [2.24, 2.45) is 5.73 Å². The number of amides is 1. The largest absolute Gasteiger partial charge is 0.374 e. The van der Waals surface area contributed by atoms with Crippen molar-refractivity contribution in [2.45, 2.75) is 6.04 Å². The average molecular weight is 376 g/mol. The highest BCUT2D eigenvalue weighted by Gasteiger charge is 2.30. The zero-order valence-electron chi connectivity index (χ0n) is 14.0. The summed E-state index contributed by atoms with van der Waals surface area (Å²) < 4.78 is 0. The van der Waals surface area contributed by atoms with Crippen LogP contribution in [0, 0.1) is 0 Å². The van der Waals surface area contributed by atoms with E-state index in [0.717, 1.165) is 27.8 Å². The van der Waals surface area contributed by atoms with Gasteiger partial charge in [0.2, 0.25) is 0 Å². The Labute approximate surface area is 159 Å². The number of H-pyrrole nitrogens is 1. The second kappa shape index (κ2) is 5.82. The first-order valence-corrected chi connectivity index (χ1v) is 8.81. The van der Waals surface area contributed by atoms with E-state index >= 15 is 0 Å². The van der Waals surface area contributed by atoms with Crippen LogP contribution in [0.15, 0.2) is 54.7 Å². The van der Waals surface area contributed by atoms with Crippen LogP contribution < -0.4 is 11.1 Å². The standard InChI is InChI=1S/C20H14ClN5O/c21-13-7-3-1-5-10(13)17-12-9-23-20-16(12)15(18(19(22)27)25-26-20)11-6-2-4-8-14(11)24-17/h1-9,17,24H,(H2,22,27)(H,23,26). The molecule has 2 aromatic carbocycles. The van der Waals surface area contributed by atoms with Gasteiger partial charge < -0.3 is 16.0 Å². The van der Waals surface area contributed by atoms with Crippen molar-refractivity contribution in [1.82, 2.24) is 15.2 Å². The molecule has 132 valence electrons. The minimum absolute atomic E-state index is 0.150. The first kappa shape index (κ1) is 15.8. The van der Waals surface area contributed by atoms with Crippen molar-refractivity contribution >= 4 is 34.2 Å². The number of aromatic nitrogens is 3. The molecule has 5 rings (SSSR count). The number of para-hydroxylation sites is 1. The van der Waals surface area contributed by atoms with Gasteiger partial charge in [-0.25, -0.2) is 0 Å². The predicted octanol–water partition coefficient (Wildman–Crippen LogP) is 3.89. The molecule has 27 heavy (non-hydrogen) atoms. The number of nitrogens with zero attached hydrogens (tertiary/aromatic N) is 2. The number of nitrogens with one attached hydrogen (secondary N) is 2. The molecule has 2 aromatic heterocycles. The van der Waals surface area contributed by atoms with E-state index in [9.17, 15) is 4.79 Å². The van der Waals surface area contributed by atoms with Gasteiger partial charge in [-0.3, -0.25) is 4.79 Å². The van der Waals surface area contributed by atoms with Crippen LogP contribution in [-0.2, 0) is 0 Å². The van der Waals surface area contributed by atoms with Gasteiger partial charge in [0.05, 0.1) is 6.04 Å². The van der Waals surface area contributed by atoms with Gasteiger partial charge in [0.15, 0.2) is 11.3 Å². The lowest BCUT2D eigenvalue weighted by Crippen LogP contribution is -2.15. The maximum atomic E-state index is 12.1. The third-order valence-corrected chi connectivity index (χ3v) is 5.23. The molecule has 0 radical (unpaired) electrons. The summed E-state index contributed by atoms with van der Waals surface area (Å²) >= 11 is 6.50. The summed E-state index contributed by atoms with van der Waals surface area (Å²) in [6, 6.07) is 15.2. The fourth-order valence-corrected chi connectivity index (χ4v) is 3.96. The van der Waals surface area contributed by atoms with Crippen LogP contribution >= 0.6 is 11.6 Å². The molecule has 0 aliphatic carbocycles. The topological polar surface area (TPSA) is 96.7 Å². The molecule has 0 saturated heterocycles. The second-order valence-electron chi connectivity index (χ2n) is 6.40. The SMILES string of the molecule is NC(=O)c1nnc2[nH]cc3c2c1-c1ccccc1NC3c1ccccc1Cl. The van der Waals surface area contributed by atoms with Gasteiger partial charge in [-0.05, 0) is 17.7 Å². The number of carbonyl (C=O) groups excluding carboxylic acids is 1. The summed E-state index contributed by atoms with van der Waals surface area (Å²) in [5.41, 5.74) is 10.6. The lowest BCUT2D eigenvalue weighted by atomic mass is 9.95. The smallest absolute Gasteiger partial charge is 0.269 e. The predicted molar refractivity (Wildman–Crippen MR) is 105 cm³/mol. The Morgan fingerprint density at radius 1 is 1.04 bits per heavy atom. The third-order valence-electron chi connectivity index (χ3n) is 4.88. The molecule has 0 saturated carbocycles. The lowest BCUT2D eigenvalue weighted by Gasteiger charge is -2.20. The number of rotatable bonds is 2. The van der Waals surface area contributed by atoms with Gasteiger partial charge >= 0.3 is 0 Å². The summed E-state index contributed by atoms with van der Waals surface area (Å²) in [6.07, 6.45) is 1.88. The van der Waals surface area contributed by atoms with E-state index in [1.807, 2.05) is 54.7 Å². The van der Waals surface area contributed by atoms with Crippen molar-refractivity contribution in [2.75, 3.05) is 5.32 Å². The molecule has 1 amide bonds. The van der Waals surface area contributed by atoms with Gasteiger partial charge in [-0.15, -0.1) is 10.2 Å². The molecular weight excluding hydrogens is 362 g/mol. The van der Waals surface area contributed by atoms with Crippen molar-refractivity contribution in [3.8, 4) is 11.1 Å². The Balaban J connectivity index is 1.92. The highest BCUT2D eigenvalue weighted by Crippen LogP contribution is 2.45. The molecule has 0 spiro atoms. The van der Waals surface area contributed by atoms with Crippen LogP contribution in [0.1, 0.15) is 27.7 Å². The lowest BCUT2D eigenvalue weighted by molar-refractivity contribution is 0.0995. The molecule has 0 bridgehead atoms. The van der Waals surface area contributed by atoms with Crippen molar-refractivity contribution in [3.63, 3.8) is 0 Å². The van der Waals surface area contributed by atoms with Gasteiger partial charge in [0.1, 0.15) is 0 Å². The maximum Gasteiger partial charge on any atom is 0.269 e. The number of hydrogen-bond donors (Lipinski definition) is 3. The van der Waals surface area contributed by atoms with Crippen LogP contribution in [0.3, 0.4) is 0 Å². The van der Waals surface area contributed by atoms with Crippen LogP contribution in [0.2, 0.25) is 5.02 Å². The monoisotopic (exact) mass is 375 g/mol. The van der Waals surface area contributed by atoms with Gasteiger partial charge in [0, 0.05) is 39.0 Å². The fourth-order valence-electron chi connectivity index (χ4n) is 3.71. The number of benzene rings is 2. The second-order valence-corrected chi connectivity index (χ2v) is 6.81. The third kappa shape index (κ3) is 2.30. The molecule has 1 unspecified atom stereocenters. The van der Waals surface area contributed by atoms with E-state index in [1.165, 1.54) is 0 Å². The van der Waals surface area contributed by atoms with E-state index in [0.29, 0.717) is 16.2 Å². The summed E-state index contributed by atoms with van der Waals surface area (Å²) in [5.74, 6) is -0.613. The molecule has 1 aliphatic rings. The number of nitrogens with two attached hydrogens (primary N) is 1. The highest BCUT2D eigenvalue weighted by molar-refractivity contribution is 6.31. The van der Waals surface area contributed by atoms with E-state index < -0.39 is 5.91 Å². The summed E-state index contributed by atoms with van der Waals surface area (Å²) in [4.78, 5) is 15.2. The van der Waals surface area contributed by atoms with E-state index in [1.54, 1.807) is 0 Å². The van der Waals surface area contributed by atoms with E-state index in [2.05, 4.69) is 20.5 Å². The highest BCUT2D eigenvalue weighted by atomic mass is 35.5. The number of halogens is 1. The van der Waals surface area contributed by atoms with Crippen LogP contribution in [0.25, 0.3) is 22.2 Å². The number of primary amides is 1. The minimum Gasteiger partial charge on any atom is -0.374 e. The van der Waals surface area contributed by atoms with Crippen molar-refractivity contribution in [3.05, 3.63) is 76.6 Å². The van der Waals surface area contributed by atoms with Crippen molar-refractivity contribution in [1.29, 1.82) is 0 Å². The number of fused-ring (bicyclic) bond motifs is 2. The Bertz CT molecular complexity index is 1220. The van der Waals surface area contributed by atoms with Crippen LogP contribution in [-0.4, -0.2) is 21.1 Å². The number of hydrogen-bond acceptors (Lipinski definition) is 4. The van der Waals surface area contributed by atoms with Crippen LogP contribution in [0.4, 0.5) is 5.69 Å². The average Bonchev–Trinajstić information content (AvgIpc) is 3.04. The first-order chi connectivity index (χ1) is 13.1. The molecule has 4 N–H and O–H groups in total. The summed E-state index contributed by atoms with van der Waals surface area (Å²) in [6.45, 7) is 0. The van der Waals surface area contributed by atoms with Gasteiger partial charge in [-0.2, -0.15) is 0 Å². The molecule has 1 aliphatic heterocycles. The summed E-state index contributed by atoms with van der Waals surface area (Å²) in [7, 11) is 0. The normalized spacial score (nSPS) is 15.1. The zero-order valence-corrected chi connectivity index (χ0v) is 14.8. The number of aromatic amines is 1. The molecule has 1 atom stereocenters. The molecule has 4 aromatic rings. The Hall–Kier alpha value is -3.38. The first-order valence-electron chi connectivity index (χ1n) is 8.43. The van der Waals surface area contributed by atoms with E-state index in [4.69, 9.17) is 17.3 Å². The van der Waals surface area contributed by atoms with Gasteiger partial charge in [-0.1, -0.05) is 48.0 Å².